The number of hydrogen-bond donors (Lipinski definition) is 0. The molecule has 1 aromatic heterocycles. The molecule has 0 bridgehead atoms. The SMILES string of the molecule is Cc1cc(S(=O)(=O)c2cccnc2)ccc1N1c2ccccc2C2(c3ccccc3-c3ccccc32)c2ccccc21. The van der Waals surface area contributed by atoms with Gasteiger partial charge in [-0.1, -0.05) is 84.9 Å². The minimum absolute atomic E-state index is 0.186. The Bertz CT molecular complexity index is 2040. The molecule has 0 N–H and O–H groups in total. The molecule has 2 heterocycles. The number of aryl methyl sites for hydroxylation is 1. The van der Waals surface area contributed by atoms with E-state index in [-0.39, 0.29) is 9.79 Å². The van der Waals surface area contributed by atoms with Crippen LogP contribution in [0.2, 0.25) is 0 Å². The van der Waals surface area contributed by atoms with Crippen LogP contribution in [0.1, 0.15) is 27.8 Å². The lowest BCUT2D eigenvalue weighted by Crippen LogP contribution is -2.36. The average Bonchev–Trinajstić information content (AvgIpc) is 3.33. The quantitative estimate of drug-likeness (QED) is 0.217. The maximum atomic E-state index is 13.4. The molecule has 0 amide bonds. The van der Waals surface area contributed by atoms with E-state index in [0.29, 0.717) is 0 Å². The summed E-state index contributed by atoms with van der Waals surface area (Å²) in [6, 6.07) is 43.4. The highest BCUT2D eigenvalue weighted by Crippen LogP contribution is 2.63. The summed E-state index contributed by atoms with van der Waals surface area (Å²) < 4.78 is 26.8. The number of fused-ring (bicyclic) bond motifs is 9. The third-order valence-electron chi connectivity index (χ3n) is 8.71. The molecule has 202 valence electrons. The molecule has 8 rings (SSSR count). The van der Waals surface area contributed by atoms with E-state index in [4.69, 9.17) is 0 Å². The number of pyridine rings is 1. The number of nitrogens with zero attached hydrogens (tertiary/aromatic N) is 2. The standard InChI is InChI=1S/C37H26N2O2S/c1-25-23-26(42(40,41)27-11-10-22-38-24-27)20-21-34(25)39-35-18-8-6-16-32(35)37(33-17-7-9-19-36(33)39)30-14-4-2-12-28(30)29-13-3-5-15-31(29)37/h2-24H,1H3. The van der Waals surface area contributed by atoms with Crippen molar-refractivity contribution in [2.45, 2.75) is 22.1 Å². The van der Waals surface area contributed by atoms with Crippen molar-refractivity contribution in [2.24, 2.45) is 0 Å². The monoisotopic (exact) mass is 562 g/mol. The first-order chi connectivity index (χ1) is 20.5. The van der Waals surface area contributed by atoms with E-state index in [1.165, 1.54) is 39.6 Å². The highest BCUT2D eigenvalue weighted by atomic mass is 32.2. The van der Waals surface area contributed by atoms with Gasteiger partial charge in [-0.05, 0) is 88.3 Å². The van der Waals surface area contributed by atoms with Gasteiger partial charge in [-0.3, -0.25) is 4.98 Å². The van der Waals surface area contributed by atoms with Gasteiger partial charge in [-0.2, -0.15) is 0 Å². The molecule has 0 atom stereocenters. The van der Waals surface area contributed by atoms with E-state index in [1.807, 2.05) is 13.0 Å². The summed E-state index contributed by atoms with van der Waals surface area (Å²) in [4.78, 5) is 6.75. The molecule has 42 heavy (non-hydrogen) atoms. The predicted octanol–water partition coefficient (Wildman–Crippen LogP) is 8.37. The Morgan fingerprint density at radius 2 is 1.12 bits per heavy atom. The van der Waals surface area contributed by atoms with Crippen LogP contribution in [0.3, 0.4) is 0 Å². The van der Waals surface area contributed by atoms with Crippen molar-refractivity contribution >= 4 is 26.9 Å². The van der Waals surface area contributed by atoms with Gasteiger partial charge in [0.15, 0.2) is 0 Å². The fraction of sp³-hybridized carbons (Fsp3) is 0.0541. The summed E-state index contributed by atoms with van der Waals surface area (Å²) in [5.41, 5.74) is 11.0. The Hall–Kier alpha value is -5.00. The zero-order valence-electron chi connectivity index (χ0n) is 22.9. The molecule has 0 fully saturated rings. The Kier molecular flexibility index (Phi) is 5.31. The van der Waals surface area contributed by atoms with Gasteiger partial charge in [0.2, 0.25) is 9.84 Å². The number of para-hydroxylation sites is 2. The number of rotatable bonds is 3. The van der Waals surface area contributed by atoms with Crippen molar-refractivity contribution in [1.82, 2.24) is 4.98 Å². The third kappa shape index (κ3) is 3.23. The van der Waals surface area contributed by atoms with Gasteiger partial charge in [0.05, 0.1) is 26.6 Å². The fourth-order valence-corrected chi connectivity index (χ4v) is 8.32. The number of sulfone groups is 1. The van der Waals surface area contributed by atoms with Crippen molar-refractivity contribution < 1.29 is 8.42 Å². The van der Waals surface area contributed by atoms with Gasteiger partial charge in [-0.15, -0.1) is 0 Å². The lowest BCUT2D eigenvalue weighted by atomic mass is 9.64. The molecule has 6 aromatic rings. The highest BCUT2D eigenvalue weighted by Gasteiger charge is 2.51. The smallest absolute Gasteiger partial charge is 0.208 e. The summed E-state index contributed by atoms with van der Waals surface area (Å²) in [5, 5.41) is 0. The van der Waals surface area contributed by atoms with Crippen LogP contribution in [-0.2, 0) is 15.3 Å². The Labute approximate surface area is 245 Å². The van der Waals surface area contributed by atoms with Crippen molar-refractivity contribution in [3.63, 3.8) is 0 Å². The lowest BCUT2D eigenvalue weighted by Gasteiger charge is -2.45. The summed E-state index contributed by atoms with van der Waals surface area (Å²) in [5.74, 6) is 0. The van der Waals surface area contributed by atoms with E-state index >= 15 is 0 Å². The molecule has 0 unspecified atom stereocenters. The van der Waals surface area contributed by atoms with Crippen LogP contribution in [0.5, 0.6) is 0 Å². The van der Waals surface area contributed by atoms with E-state index in [9.17, 15) is 8.42 Å². The minimum atomic E-state index is -3.70. The van der Waals surface area contributed by atoms with Crippen LogP contribution in [0.4, 0.5) is 17.1 Å². The van der Waals surface area contributed by atoms with Crippen LogP contribution in [0, 0.1) is 6.92 Å². The van der Waals surface area contributed by atoms with Gasteiger partial charge in [-0.25, -0.2) is 8.42 Å². The normalized spacial score (nSPS) is 14.2. The van der Waals surface area contributed by atoms with Gasteiger partial charge < -0.3 is 4.90 Å². The summed E-state index contributed by atoms with van der Waals surface area (Å²) in [6.45, 7) is 1.98. The molecule has 0 saturated carbocycles. The average molecular weight is 563 g/mol. The van der Waals surface area contributed by atoms with Gasteiger partial charge in [0.1, 0.15) is 0 Å². The maximum Gasteiger partial charge on any atom is 0.208 e. The second-order valence-electron chi connectivity index (χ2n) is 10.9. The van der Waals surface area contributed by atoms with Gasteiger partial charge >= 0.3 is 0 Å². The van der Waals surface area contributed by atoms with Gasteiger partial charge in [0, 0.05) is 18.1 Å². The number of anilines is 3. The number of benzene rings is 5. The first kappa shape index (κ1) is 24.8. The largest absolute Gasteiger partial charge is 0.310 e. The van der Waals surface area contributed by atoms with Crippen molar-refractivity contribution in [1.29, 1.82) is 0 Å². The molecule has 5 aromatic carbocycles. The van der Waals surface area contributed by atoms with E-state index in [1.54, 1.807) is 30.5 Å². The number of aromatic nitrogens is 1. The van der Waals surface area contributed by atoms with Crippen LogP contribution >= 0.6 is 0 Å². The van der Waals surface area contributed by atoms with Crippen molar-refractivity contribution in [3.05, 3.63) is 168 Å². The second kappa shape index (κ2) is 9.00. The molecule has 1 aliphatic heterocycles. The summed E-state index contributed by atoms with van der Waals surface area (Å²) in [7, 11) is -3.70. The molecule has 5 heteroatoms. The van der Waals surface area contributed by atoms with Crippen LogP contribution in [-0.4, -0.2) is 13.4 Å². The topological polar surface area (TPSA) is 50.3 Å². The molecule has 0 radical (unpaired) electrons. The molecular formula is C37H26N2O2S. The Morgan fingerprint density at radius 3 is 1.67 bits per heavy atom. The fourth-order valence-electron chi connectivity index (χ4n) is 7.01. The van der Waals surface area contributed by atoms with Crippen molar-refractivity contribution in [3.8, 4) is 11.1 Å². The molecular weight excluding hydrogens is 536 g/mol. The first-order valence-electron chi connectivity index (χ1n) is 14.0. The third-order valence-corrected chi connectivity index (χ3v) is 10.5. The minimum Gasteiger partial charge on any atom is -0.310 e. The van der Waals surface area contributed by atoms with Gasteiger partial charge in [0.25, 0.3) is 0 Å². The second-order valence-corrected chi connectivity index (χ2v) is 12.8. The predicted molar refractivity (Wildman–Crippen MR) is 166 cm³/mol. The molecule has 1 aliphatic carbocycles. The van der Waals surface area contributed by atoms with Crippen molar-refractivity contribution in [2.75, 3.05) is 4.90 Å². The molecule has 4 nitrogen and oxygen atoms in total. The Balaban J connectivity index is 1.39. The zero-order chi connectivity index (χ0) is 28.5. The maximum absolute atomic E-state index is 13.4. The van der Waals surface area contributed by atoms with E-state index in [2.05, 4.69) is 107 Å². The number of hydrogen-bond acceptors (Lipinski definition) is 4. The van der Waals surface area contributed by atoms with E-state index in [0.717, 1.165) is 22.6 Å². The lowest BCUT2D eigenvalue weighted by molar-refractivity contribution is 0.595. The van der Waals surface area contributed by atoms with Crippen LogP contribution in [0.25, 0.3) is 11.1 Å². The summed E-state index contributed by atoms with van der Waals surface area (Å²) in [6.07, 6.45) is 2.97. The molecule has 2 aliphatic rings. The highest BCUT2D eigenvalue weighted by molar-refractivity contribution is 7.91. The van der Waals surface area contributed by atoms with Crippen LogP contribution < -0.4 is 4.90 Å². The van der Waals surface area contributed by atoms with Crippen LogP contribution in [0.15, 0.2) is 150 Å². The Morgan fingerprint density at radius 1 is 0.571 bits per heavy atom. The molecule has 0 saturated heterocycles. The first-order valence-corrected chi connectivity index (χ1v) is 15.5. The molecule has 1 spiro atoms. The van der Waals surface area contributed by atoms with E-state index < -0.39 is 15.3 Å². The summed E-state index contributed by atoms with van der Waals surface area (Å²) >= 11 is 0. The zero-order valence-corrected chi connectivity index (χ0v) is 23.7.